The number of hydrogen-bond acceptors (Lipinski definition) is 2. The van der Waals surface area contributed by atoms with Crippen molar-refractivity contribution in [1.82, 2.24) is 0 Å². The van der Waals surface area contributed by atoms with E-state index in [1.54, 1.807) is 7.11 Å². The van der Waals surface area contributed by atoms with Crippen molar-refractivity contribution in [2.45, 2.75) is 38.2 Å². The van der Waals surface area contributed by atoms with E-state index in [0.717, 1.165) is 29.5 Å². The molecule has 0 saturated heterocycles. The summed E-state index contributed by atoms with van der Waals surface area (Å²) < 4.78 is 6.34. The second kappa shape index (κ2) is 5.87. The first-order chi connectivity index (χ1) is 8.20. The molecule has 1 fully saturated rings. The average Bonchev–Trinajstić information content (AvgIpc) is 3.15. The van der Waals surface area contributed by atoms with Crippen LogP contribution in [0.4, 0.5) is 0 Å². The fraction of sp³-hybridized carbons (Fsp3) is 0.571. The molecule has 0 amide bonds. The quantitative estimate of drug-likeness (QED) is 0.870. The molecule has 1 aliphatic rings. The highest BCUT2D eigenvalue weighted by Gasteiger charge is 2.28. The Morgan fingerprint density at radius 1 is 1.47 bits per heavy atom. The van der Waals surface area contributed by atoms with Gasteiger partial charge in [0.15, 0.2) is 0 Å². The lowest BCUT2D eigenvalue weighted by Crippen LogP contribution is -2.09. The number of rotatable bonds is 6. The molecule has 1 atom stereocenters. The molecule has 3 heteroatoms. The van der Waals surface area contributed by atoms with Crippen molar-refractivity contribution >= 4 is 15.9 Å². The summed E-state index contributed by atoms with van der Waals surface area (Å²) in [6.07, 6.45) is 5.27. The molecule has 2 nitrogen and oxygen atoms in total. The molecule has 0 aliphatic heterocycles. The van der Waals surface area contributed by atoms with Gasteiger partial charge >= 0.3 is 0 Å². The summed E-state index contributed by atoms with van der Waals surface area (Å²) in [5.41, 5.74) is 1.26. The molecule has 17 heavy (non-hydrogen) atoms. The molecule has 1 saturated carbocycles. The van der Waals surface area contributed by atoms with Crippen molar-refractivity contribution in [3.8, 4) is 5.75 Å². The molecular formula is C14H19BrO2. The lowest BCUT2D eigenvalue weighted by Gasteiger charge is -2.10. The number of methoxy groups -OCH3 is 1. The number of aliphatic hydroxyl groups excluding tert-OH is 1. The maximum Gasteiger partial charge on any atom is 0.119 e. The van der Waals surface area contributed by atoms with Crippen LogP contribution in [0.25, 0.3) is 0 Å². The molecule has 0 radical (unpaired) electrons. The van der Waals surface area contributed by atoms with Crippen LogP contribution in [0.3, 0.4) is 0 Å². The summed E-state index contributed by atoms with van der Waals surface area (Å²) in [5, 5.41) is 9.80. The summed E-state index contributed by atoms with van der Waals surface area (Å²) in [5.74, 6) is 1.48. The summed E-state index contributed by atoms with van der Waals surface area (Å²) in [6, 6.07) is 6.03. The molecule has 1 unspecified atom stereocenters. The SMILES string of the molecule is COc1ccc(Br)c(CCCC(O)C2CC2)c1. The number of aryl methyl sites for hydroxylation is 1. The van der Waals surface area contributed by atoms with Gasteiger partial charge in [0.1, 0.15) is 5.75 Å². The zero-order chi connectivity index (χ0) is 12.3. The maximum atomic E-state index is 9.80. The van der Waals surface area contributed by atoms with E-state index in [9.17, 15) is 5.11 Å². The Kier molecular flexibility index (Phi) is 4.46. The van der Waals surface area contributed by atoms with Gasteiger partial charge < -0.3 is 9.84 Å². The van der Waals surface area contributed by atoms with Crippen LogP contribution in [0.1, 0.15) is 31.2 Å². The molecule has 1 aromatic rings. The van der Waals surface area contributed by atoms with Gasteiger partial charge in [0.2, 0.25) is 0 Å². The average molecular weight is 299 g/mol. The molecule has 94 valence electrons. The van der Waals surface area contributed by atoms with Gasteiger partial charge in [-0.25, -0.2) is 0 Å². The molecule has 1 aromatic carbocycles. The van der Waals surface area contributed by atoms with Crippen LogP contribution in [-0.2, 0) is 6.42 Å². The number of hydrogen-bond donors (Lipinski definition) is 1. The van der Waals surface area contributed by atoms with E-state index in [1.807, 2.05) is 12.1 Å². The third-order valence-corrected chi connectivity index (χ3v) is 4.14. The van der Waals surface area contributed by atoms with E-state index in [4.69, 9.17) is 4.74 Å². The molecule has 0 aromatic heterocycles. The van der Waals surface area contributed by atoms with E-state index in [2.05, 4.69) is 22.0 Å². The van der Waals surface area contributed by atoms with Gasteiger partial charge in [0, 0.05) is 4.47 Å². The Morgan fingerprint density at radius 2 is 2.24 bits per heavy atom. The zero-order valence-corrected chi connectivity index (χ0v) is 11.7. The van der Waals surface area contributed by atoms with Crippen molar-refractivity contribution < 1.29 is 9.84 Å². The van der Waals surface area contributed by atoms with Gasteiger partial charge in [-0.05, 0) is 61.8 Å². The molecule has 0 spiro atoms. The van der Waals surface area contributed by atoms with Crippen molar-refractivity contribution in [2.75, 3.05) is 7.11 Å². The van der Waals surface area contributed by atoms with Crippen LogP contribution in [0.2, 0.25) is 0 Å². The predicted octanol–water partition coefficient (Wildman–Crippen LogP) is 3.55. The standard InChI is InChI=1S/C14H19BrO2/c1-17-12-7-8-13(15)11(9-12)3-2-4-14(16)10-5-6-10/h7-10,14,16H,2-6H2,1H3. The molecule has 0 bridgehead atoms. The highest BCUT2D eigenvalue weighted by Crippen LogP contribution is 2.34. The number of halogens is 1. The van der Waals surface area contributed by atoms with Gasteiger partial charge in [-0.1, -0.05) is 15.9 Å². The van der Waals surface area contributed by atoms with Crippen LogP contribution >= 0.6 is 15.9 Å². The number of benzene rings is 1. The van der Waals surface area contributed by atoms with Gasteiger partial charge in [0.25, 0.3) is 0 Å². The lowest BCUT2D eigenvalue weighted by molar-refractivity contribution is 0.139. The van der Waals surface area contributed by atoms with Crippen LogP contribution in [0.5, 0.6) is 5.75 Å². The Hall–Kier alpha value is -0.540. The molecule has 1 aliphatic carbocycles. The highest BCUT2D eigenvalue weighted by molar-refractivity contribution is 9.10. The van der Waals surface area contributed by atoms with Crippen LogP contribution in [0, 0.1) is 5.92 Å². The van der Waals surface area contributed by atoms with Crippen molar-refractivity contribution in [3.05, 3.63) is 28.2 Å². The first kappa shape index (κ1) is 12.9. The van der Waals surface area contributed by atoms with Crippen molar-refractivity contribution in [3.63, 3.8) is 0 Å². The van der Waals surface area contributed by atoms with E-state index in [1.165, 1.54) is 18.4 Å². The zero-order valence-electron chi connectivity index (χ0n) is 10.2. The monoisotopic (exact) mass is 298 g/mol. The van der Waals surface area contributed by atoms with E-state index in [-0.39, 0.29) is 6.10 Å². The van der Waals surface area contributed by atoms with Gasteiger partial charge in [-0.3, -0.25) is 0 Å². The first-order valence-corrected chi connectivity index (χ1v) is 7.00. The fourth-order valence-electron chi connectivity index (χ4n) is 2.09. The van der Waals surface area contributed by atoms with Crippen LogP contribution < -0.4 is 4.74 Å². The van der Waals surface area contributed by atoms with Gasteiger partial charge in [0.05, 0.1) is 13.2 Å². The summed E-state index contributed by atoms with van der Waals surface area (Å²) in [7, 11) is 1.68. The topological polar surface area (TPSA) is 29.5 Å². The summed E-state index contributed by atoms with van der Waals surface area (Å²) >= 11 is 3.55. The lowest BCUT2D eigenvalue weighted by atomic mass is 10.0. The molecular weight excluding hydrogens is 280 g/mol. The molecule has 1 N–H and O–H groups in total. The first-order valence-electron chi connectivity index (χ1n) is 6.21. The van der Waals surface area contributed by atoms with E-state index < -0.39 is 0 Å². The summed E-state index contributed by atoms with van der Waals surface area (Å²) in [6.45, 7) is 0. The van der Waals surface area contributed by atoms with Gasteiger partial charge in [-0.2, -0.15) is 0 Å². The fourth-order valence-corrected chi connectivity index (χ4v) is 2.53. The largest absolute Gasteiger partial charge is 0.497 e. The Morgan fingerprint density at radius 3 is 2.88 bits per heavy atom. The van der Waals surface area contributed by atoms with Gasteiger partial charge in [-0.15, -0.1) is 0 Å². The maximum absolute atomic E-state index is 9.80. The number of aliphatic hydroxyl groups is 1. The minimum absolute atomic E-state index is 0.0839. The van der Waals surface area contributed by atoms with Crippen molar-refractivity contribution in [1.29, 1.82) is 0 Å². The third-order valence-electron chi connectivity index (χ3n) is 3.37. The third kappa shape index (κ3) is 3.71. The Balaban J connectivity index is 1.84. The molecule has 2 rings (SSSR count). The minimum atomic E-state index is -0.0839. The number of ether oxygens (including phenoxy) is 1. The minimum Gasteiger partial charge on any atom is -0.497 e. The van der Waals surface area contributed by atoms with Crippen molar-refractivity contribution in [2.24, 2.45) is 5.92 Å². The molecule has 0 heterocycles. The normalized spacial score (nSPS) is 16.9. The van der Waals surface area contributed by atoms with Crippen LogP contribution in [-0.4, -0.2) is 18.3 Å². The second-order valence-corrected chi connectivity index (χ2v) is 5.61. The van der Waals surface area contributed by atoms with E-state index >= 15 is 0 Å². The van der Waals surface area contributed by atoms with Crippen LogP contribution in [0.15, 0.2) is 22.7 Å². The van der Waals surface area contributed by atoms with E-state index in [0.29, 0.717) is 5.92 Å². The smallest absolute Gasteiger partial charge is 0.119 e. The Bertz CT molecular complexity index is 374. The predicted molar refractivity (Wildman–Crippen MR) is 72.4 cm³/mol. The highest BCUT2D eigenvalue weighted by atomic mass is 79.9. The summed E-state index contributed by atoms with van der Waals surface area (Å²) in [4.78, 5) is 0. The second-order valence-electron chi connectivity index (χ2n) is 4.75. The Labute approximate surface area is 111 Å².